The average molecular weight is 426 g/mol. The fraction of sp³-hybridized carbons (Fsp3) is 0.750. The number of ether oxygens (including phenoxy) is 1. The maximum Gasteiger partial charge on any atom is 1.00 e. The normalized spacial score (nSPS) is 20.0. The van der Waals surface area contributed by atoms with Crippen molar-refractivity contribution in [2.75, 3.05) is 6.61 Å². The van der Waals surface area contributed by atoms with Gasteiger partial charge in [0.25, 0.3) is 0 Å². The number of hydrogen-bond acceptors (Lipinski definition) is 13. The van der Waals surface area contributed by atoms with Crippen LogP contribution >= 0.6 is 0 Å². The minimum Gasteiger partial charge on any atom is -0.546 e. The molecule has 0 aromatic heterocycles. The molecular weight excluding hydrogens is 407 g/mol. The van der Waals surface area contributed by atoms with Gasteiger partial charge in [0.1, 0.15) is 30.5 Å². The first-order valence-electron chi connectivity index (χ1n) is 6.88. The monoisotopic (exact) mass is 426 g/mol. The summed E-state index contributed by atoms with van der Waals surface area (Å²) in [5.74, 6) is -6.32. The molecule has 9 N–H and O–H groups in total. The number of carboxylic acid groups (broad SMARTS) is 2. The van der Waals surface area contributed by atoms with Crippen molar-refractivity contribution in [3.63, 3.8) is 0 Å². The van der Waals surface area contributed by atoms with Crippen LogP contribution in [0, 0.1) is 0 Å². The summed E-state index contributed by atoms with van der Waals surface area (Å²) >= 11 is 0. The van der Waals surface area contributed by atoms with Crippen LogP contribution in [-0.2, 0) is 19.1 Å². The number of hydrogen-bond donors (Lipinski definition) is 9. The third kappa shape index (κ3) is 8.32. The summed E-state index contributed by atoms with van der Waals surface area (Å²) in [5, 5.41) is 93.2. The van der Waals surface area contributed by atoms with Gasteiger partial charge in [0.2, 0.25) is 0 Å². The Morgan fingerprint density at radius 3 is 1.63 bits per heavy atom. The summed E-state index contributed by atoms with van der Waals surface area (Å²) in [6, 6.07) is 0. The molecular formula is C12H19KO14. The Labute approximate surface area is 193 Å². The number of aliphatic hydroxyl groups excluding tert-OH is 8. The zero-order chi connectivity index (χ0) is 20.8. The summed E-state index contributed by atoms with van der Waals surface area (Å²) in [4.78, 5) is 32.9. The Balaban J connectivity index is 0. The van der Waals surface area contributed by atoms with E-state index in [1.165, 1.54) is 0 Å². The molecule has 0 aromatic carbocycles. The van der Waals surface area contributed by atoms with Crippen LogP contribution in [0.1, 0.15) is 0 Å². The van der Waals surface area contributed by atoms with Crippen LogP contribution in [0.4, 0.5) is 0 Å². The van der Waals surface area contributed by atoms with Gasteiger partial charge in [-0.05, 0) is 0 Å². The van der Waals surface area contributed by atoms with E-state index < -0.39 is 73.3 Å². The topological polar surface area (TPSA) is 266 Å². The van der Waals surface area contributed by atoms with Gasteiger partial charge in [0, 0.05) is 0 Å². The van der Waals surface area contributed by atoms with Crippen LogP contribution in [-0.4, -0.2) is 119 Å². The van der Waals surface area contributed by atoms with Gasteiger partial charge in [0.05, 0.1) is 12.6 Å². The van der Waals surface area contributed by atoms with Crippen LogP contribution in [0.25, 0.3) is 0 Å². The molecule has 0 unspecified atom stereocenters. The van der Waals surface area contributed by atoms with Crippen LogP contribution in [0.2, 0.25) is 0 Å². The first-order chi connectivity index (χ1) is 11.9. The second-order valence-corrected chi connectivity index (χ2v) is 5.12. The molecule has 15 heteroatoms. The molecule has 0 heterocycles. The number of rotatable bonds is 11. The molecule has 0 radical (unpaired) electrons. The van der Waals surface area contributed by atoms with Crippen molar-refractivity contribution in [2.24, 2.45) is 0 Å². The van der Waals surface area contributed by atoms with Crippen LogP contribution in [0.5, 0.6) is 0 Å². The van der Waals surface area contributed by atoms with E-state index in [1.807, 2.05) is 0 Å². The zero-order valence-corrected chi connectivity index (χ0v) is 17.0. The number of esters is 1. The molecule has 0 bridgehead atoms. The summed E-state index contributed by atoms with van der Waals surface area (Å²) < 4.78 is 4.11. The van der Waals surface area contributed by atoms with E-state index in [4.69, 9.17) is 20.4 Å². The van der Waals surface area contributed by atoms with E-state index in [0.717, 1.165) is 0 Å². The van der Waals surface area contributed by atoms with Gasteiger partial charge in [-0.15, -0.1) is 0 Å². The molecule has 27 heavy (non-hydrogen) atoms. The van der Waals surface area contributed by atoms with Crippen molar-refractivity contribution in [1.82, 2.24) is 0 Å². The van der Waals surface area contributed by atoms with Crippen molar-refractivity contribution in [3.8, 4) is 0 Å². The van der Waals surface area contributed by atoms with Gasteiger partial charge in [-0.2, -0.15) is 0 Å². The van der Waals surface area contributed by atoms with Gasteiger partial charge < -0.3 is 60.6 Å². The van der Waals surface area contributed by atoms with Gasteiger partial charge >= 0.3 is 63.3 Å². The van der Waals surface area contributed by atoms with E-state index in [9.17, 15) is 45.0 Å². The molecule has 14 nitrogen and oxygen atoms in total. The van der Waals surface area contributed by atoms with E-state index in [2.05, 4.69) is 4.74 Å². The number of aliphatic hydroxyl groups is 8. The fourth-order valence-corrected chi connectivity index (χ4v) is 1.63. The summed E-state index contributed by atoms with van der Waals surface area (Å²) in [6.07, 6.45) is -20.2. The van der Waals surface area contributed by atoms with Crippen molar-refractivity contribution < 1.29 is 122 Å². The van der Waals surface area contributed by atoms with Crippen molar-refractivity contribution in [1.29, 1.82) is 0 Å². The molecule has 0 aliphatic heterocycles. The molecule has 0 saturated carbocycles. The van der Waals surface area contributed by atoms with Gasteiger partial charge in [0.15, 0.2) is 18.3 Å². The Hall–Kier alpha value is -0.274. The Bertz CT molecular complexity index is 500. The molecule has 0 aliphatic carbocycles. The second kappa shape index (κ2) is 13.0. The molecule has 0 amide bonds. The second-order valence-electron chi connectivity index (χ2n) is 5.12. The van der Waals surface area contributed by atoms with Crippen LogP contribution in [0.3, 0.4) is 0 Å². The van der Waals surface area contributed by atoms with Gasteiger partial charge in [-0.3, -0.25) is 0 Å². The predicted molar refractivity (Wildman–Crippen MR) is 71.7 cm³/mol. The largest absolute Gasteiger partial charge is 1.00 e. The summed E-state index contributed by atoms with van der Waals surface area (Å²) in [7, 11) is 0. The molecule has 0 aromatic rings. The standard InChI is InChI=1S/C12H20O14.K/c13-1-2(14)3(15)6(18)9(11(23)24)26-12(25)8(20)5(17)4(16)7(19)10(21)22;/h2-9,13-20H,1H2,(H,21,22)(H,23,24);/q;+1/p-1/t2-,3-,4+,5+,6+,7+,8-,9-;/m1./s1. The average Bonchev–Trinajstić information content (AvgIpc) is 2.60. The predicted octanol–water partition coefficient (Wildman–Crippen LogP) is -10.7. The van der Waals surface area contributed by atoms with E-state index >= 15 is 0 Å². The maximum atomic E-state index is 11.6. The van der Waals surface area contributed by atoms with Gasteiger partial charge in [-0.25, -0.2) is 9.59 Å². The molecule has 152 valence electrons. The smallest absolute Gasteiger partial charge is 0.546 e. The molecule has 0 saturated heterocycles. The molecule has 0 rings (SSSR count). The van der Waals surface area contributed by atoms with Crippen molar-refractivity contribution in [3.05, 3.63) is 0 Å². The van der Waals surface area contributed by atoms with E-state index in [1.54, 1.807) is 0 Å². The van der Waals surface area contributed by atoms with Crippen molar-refractivity contribution >= 4 is 17.9 Å². The van der Waals surface area contributed by atoms with E-state index in [0.29, 0.717) is 0 Å². The number of carboxylic acids is 2. The Morgan fingerprint density at radius 1 is 0.815 bits per heavy atom. The number of aliphatic carboxylic acids is 2. The van der Waals surface area contributed by atoms with E-state index in [-0.39, 0.29) is 51.4 Å². The summed E-state index contributed by atoms with van der Waals surface area (Å²) in [6.45, 7) is -1.10. The molecule has 8 atom stereocenters. The minimum absolute atomic E-state index is 0. The summed E-state index contributed by atoms with van der Waals surface area (Å²) in [5.41, 5.74) is 0. The molecule has 0 fully saturated rings. The molecule has 0 aliphatic rings. The number of carbonyl (C=O) groups excluding carboxylic acids is 2. The van der Waals surface area contributed by atoms with Crippen LogP contribution in [0.15, 0.2) is 0 Å². The van der Waals surface area contributed by atoms with Gasteiger partial charge in [-0.1, -0.05) is 0 Å². The minimum atomic E-state index is -2.77. The third-order valence-corrected chi connectivity index (χ3v) is 3.21. The Kier molecular flexibility index (Phi) is 14.0. The quantitative estimate of drug-likeness (QED) is 0.110. The zero-order valence-electron chi connectivity index (χ0n) is 13.9. The third-order valence-electron chi connectivity index (χ3n) is 3.21. The first kappa shape index (κ1) is 28.9. The Morgan fingerprint density at radius 2 is 1.26 bits per heavy atom. The van der Waals surface area contributed by atoms with Crippen LogP contribution < -0.4 is 56.5 Å². The SMILES string of the molecule is O=C(O)[C@@H](O)[C@@H](O)[C@H](O)[C@@H](O)C(=O)O[C@@H](C(=O)[O-])[C@@H](O)[C@H](O)[C@H](O)CO.[K+]. The first-order valence-corrected chi connectivity index (χ1v) is 6.88. The molecule has 0 spiro atoms. The number of carbonyl (C=O) groups is 3. The van der Waals surface area contributed by atoms with Crippen molar-refractivity contribution in [2.45, 2.75) is 48.8 Å². The fourth-order valence-electron chi connectivity index (χ4n) is 1.63. The maximum absolute atomic E-state index is 11.6.